The third-order valence-electron chi connectivity index (χ3n) is 7.03. The summed E-state index contributed by atoms with van der Waals surface area (Å²) in [6, 6.07) is 3.93. The van der Waals surface area contributed by atoms with Crippen LogP contribution < -0.4 is 10.1 Å². The monoisotopic (exact) mass is 621 g/mol. The van der Waals surface area contributed by atoms with E-state index >= 15 is 0 Å². The predicted molar refractivity (Wildman–Crippen MR) is 160 cm³/mol. The Morgan fingerprint density at radius 1 is 0.905 bits per heavy atom. The molecule has 0 aliphatic heterocycles. The lowest BCUT2D eigenvalue weighted by atomic mass is 9.91. The van der Waals surface area contributed by atoms with Gasteiger partial charge in [-0.2, -0.15) is 13.2 Å². The number of carbonyl (C=O) groups excluding carboxylic acids is 2. The molecule has 0 fully saturated rings. The lowest BCUT2D eigenvalue weighted by Gasteiger charge is -2.43. The number of carbonyl (C=O) groups is 2. The van der Waals surface area contributed by atoms with Crippen molar-refractivity contribution < 1.29 is 41.3 Å². The van der Waals surface area contributed by atoms with Crippen LogP contribution in [0.2, 0.25) is 0 Å². The number of halogens is 3. The fraction of sp³-hybridized carbons (Fsp3) is 0.742. The normalized spacial score (nSPS) is 14.3. The first-order valence-electron chi connectivity index (χ1n) is 14.7. The zero-order valence-corrected chi connectivity index (χ0v) is 27.7. The van der Waals surface area contributed by atoms with Gasteiger partial charge in [-0.3, -0.25) is 14.2 Å². The van der Waals surface area contributed by atoms with E-state index in [0.29, 0.717) is 12.0 Å². The first-order chi connectivity index (χ1) is 19.2. The largest absolute Gasteiger partial charge is 0.493 e. The van der Waals surface area contributed by atoms with Crippen LogP contribution in [-0.2, 0) is 36.0 Å². The Morgan fingerprint density at radius 3 is 2.00 bits per heavy atom. The number of hydrogen-bond acceptors (Lipinski definition) is 6. The van der Waals surface area contributed by atoms with Crippen molar-refractivity contribution in [2.45, 2.75) is 129 Å². The van der Waals surface area contributed by atoms with E-state index in [4.69, 9.17) is 14.0 Å². The smallest absolute Gasteiger partial charge is 0.419 e. The van der Waals surface area contributed by atoms with Crippen LogP contribution in [0.4, 0.5) is 13.2 Å². The van der Waals surface area contributed by atoms with Crippen molar-refractivity contribution in [3.63, 3.8) is 0 Å². The molecule has 0 heterocycles. The van der Waals surface area contributed by atoms with Crippen LogP contribution in [0, 0.1) is 0 Å². The summed E-state index contributed by atoms with van der Waals surface area (Å²) in [5.74, 6) is -1.28. The summed E-state index contributed by atoms with van der Waals surface area (Å²) in [4.78, 5) is 24.1. The standard InChI is InChI=1S/C31H51F3NO6P/c1-10-11-12-13-14-19-39-27-16-15-25(20-26(27)31(32,33)34)17-18-30(35-23(2)36,21-40-24(3)37)22-41-42(38,28(4,5)6)29(7,8)9/h15-16,20H,10-14,17-19,21-22H2,1-9H3,(H,35,36)/t30-/m1/s1. The number of esters is 1. The van der Waals surface area contributed by atoms with Crippen LogP contribution in [-0.4, -0.2) is 47.5 Å². The number of hydrogen-bond donors (Lipinski definition) is 1. The van der Waals surface area contributed by atoms with Crippen molar-refractivity contribution in [1.29, 1.82) is 0 Å². The highest BCUT2D eigenvalue weighted by atomic mass is 31.2. The predicted octanol–water partition coefficient (Wildman–Crippen LogP) is 8.32. The second-order valence-electron chi connectivity index (χ2n) is 13.0. The summed E-state index contributed by atoms with van der Waals surface area (Å²) in [5, 5.41) is 1.29. The summed E-state index contributed by atoms with van der Waals surface area (Å²) < 4.78 is 73.1. The van der Waals surface area contributed by atoms with Gasteiger partial charge in [0.25, 0.3) is 0 Å². The van der Waals surface area contributed by atoms with Crippen LogP contribution in [0.25, 0.3) is 0 Å². The minimum absolute atomic E-state index is 0.0586. The zero-order chi connectivity index (χ0) is 32.4. The number of ether oxygens (including phenoxy) is 2. The molecule has 1 aromatic rings. The van der Waals surface area contributed by atoms with Gasteiger partial charge in [0.2, 0.25) is 13.3 Å². The lowest BCUT2D eigenvalue weighted by Crippen LogP contribution is -2.55. The molecule has 42 heavy (non-hydrogen) atoms. The van der Waals surface area contributed by atoms with Gasteiger partial charge in [0, 0.05) is 24.2 Å². The summed E-state index contributed by atoms with van der Waals surface area (Å²) >= 11 is 0. The van der Waals surface area contributed by atoms with Gasteiger partial charge in [-0.05, 0) is 37.0 Å². The van der Waals surface area contributed by atoms with Crippen molar-refractivity contribution in [1.82, 2.24) is 5.32 Å². The molecule has 0 saturated heterocycles. The molecule has 0 aliphatic carbocycles. The molecule has 1 N–H and O–H groups in total. The van der Waals surface area contributed by atoms with Crippen molar-refractivity contribution >= 4 is 19.2 Å². The van der Waals surface area contributed by atoms with E-state index in [0.717, 1.165) is 31.7 Å². The zero-order valence-electron chi connectivity index (χ0n) is 26.8. The Bertz CT molecular complexity index is 1060. The van der Waals surface area contributed by atoms with Gasteiger partial charge in [0.05, 0.1) is 24.3 Å². The maximum absolute atomic E-state index is 14.2. The molecule has 0 saturated carbocycles. The van der Waals surface area contributed by atoms with Crippen LogP contribution in [0.15, 0.2) is 18.2 Å². The van der Waals surface area contributed by atoms with E-state index in [1.807, 2.05) is 0 Å². The van der Waals surface area contributed by atoms with Crippen LogP contribution >= 0.6 is 7.37 Å². The van der Waals surface area contributed by atoms with Gasteiger partial charge < -0.3 is 19.3 Å². The SMILES string of the molecule is CCCCCCCOc1ccc(CC[C@@](COC(C)=O)(COP(=O)(C(C)(C)C)C(C)(C)C)NC(C)=O)cc1C(F)(F)F. The molecule has 1 amide bonds. The first-order valence-corrected chi connectivity index (χ1v) is 16.3. The van der Waals surface area contributed by atoms with Gasteiger partial charge in [-0.25, -0.2) is 0 Å². The van der Waals surface area contributed by atoms with Crippen molar-refractivity contribution in [3.05, 3.63) is 29.3 Å². The Morgan fingerprint density at radius 2 is 1.50 bits per heavy atom. The highest BCUT2D eigenvalue weighted by Crippen LogP contribution is 2.67. The molecule has 0 spiro atoms. The average Bonchev–Trinajstić information content (AvgIpc) is 2.84. The van der Waals surface area contributed by atoms with E-state index in [9.17, 15) is 27.3 Å². The lowest BCUT2D eigenvalue weighted by molar-refractivity contribution is -0.145. The van der Waals surface area contributed by atoms with E-state index in [1.165, 1.54) is 19.9 Å². The maximum Gasteiger partial charge on any atom is 0.419 e. The molecule has 11 heteroatoms. The van der Waals surface area contributed by atoms with Gasteiger partial charge >= 0.3 is 12.1 Å². The fourth-order valence-electron chi connectivity index (χ4n) is 4.89. The molecule has 1 rings (SSSR count). The molecule has 242 valence electrons. The Hall–Kier alpha value is -2.06. The van der Waals surface area contributed by atoms with Crippen LogP contribution in [0.1, 0.15) is 112 Å². The quantitative estimate of drug-likeness (QED) is 0.113. The maximum atomic E-state index is 14.2. The number of aryl methyl sites for hydroxylation is 1. The third kappa shape index (κ3) is 11.6. The molecule has 0 radical (unpaired) electrons. The number of benzene rings is 1. The van der Waals surface area contributed by atoms with Gasteiger partial charge in [0.1, 0.15) is 12.4 Å². The van der Waals surface area contributed by atoms with Crippen molar-refractivity contribution in [3.8, 4) is 5.75 Å². The van der Waals surface area contributed by atoms with Crippen LogP contribution in [0.3, 0.4) is 0 Å². The summed E-state index contributed by atoms with van der Waals surface area (Å²) in [6.45, 7) is 15.0. The Kier molecular flexibility index (Phi) is 14.1. The molecule has 7 nitrogen and oxygen atoms in total. The third-order valence-corrected chi connectivity index (χ3v) is 11.1. The summed E-state index contributed by atoms with van der Waals surface area (Å²) in [6.07, 6.45) is 0.234. The molecular formula is C31H51F3NO6P. The average molecular weight is 622 g/mol. The molecular weight excluding hydrogens is 570 g/mol. The number of nitrogens with one attached hydrogen (secondary N) is 1. The topological polar surface area (TPSA) is 90.9 Å². The summed E-state index contributed by atoms with van der Waals surface area (Å²) in [7, 11) is -3.38. The van der Waals surface area contributed by atoms with Gasteiger partial charge in [-0.1, -0.05) is 80.2 Å². The van der Waals surface area contributed by atoms with E-state index < -0.39 is 46.8 Å². The molecule has 0 aromatic heterocycles. The van der Waals surface area contributed by atoms with Crippen LogP contribution in [0.5, 0.6) is 5.75 Å². The van der Waals surface area contributed by atoms with Crippen molar-refractivity contribution in [2.24, 2.45) is 0 Å². The Balaban J connectivity index is 3.33. The fourth-order valence-corrected chi connectivity index (χ4v) is 8.11. The number of rotatable bonds is 16. The molecule has 0 aliphatic rings. The Labute approximate surface area is 250 Å². The number of amides is 1. The highest BCUT2D eigenvalue weighted by molar-refractivity contribution is 7.62. The first kappa shape index (κ1) is 38.0. The van der Waals surface area contributed by atoms with Gasteiger partial charge in [0.15, 0.2) is 0 Å². The molecule has 1 atom stereocenters. The second-order valence-corrected chi connectivity index (χ2v) is 17.0. The molecule has 0 bridgehead atoms. The second kappa shape index (κ2) is 15.6. The number of alkyl halides is 3. The van der Waals surface area contributed by atoms with E-state index in [2.05, 4.69) is 12.2 Å². The number of unbranched alkanes of at least 4 members (excludes halogenated alkanes) is 4. The summed E-state index contributed by atoms with van der Waals surface area (Å²) in [5.41, 5.74) is -1.86. The van der Waals surface area contributed by atoms with E-state index in [-0.39, 0.29) is 38.4 Å². The van der Waals surface area contributed by atoms with Gasteiger partial charge in [-0.15, -0.1) is 0 Å². The molecule has 0 unspecified atom stereocenters. The highest BCUT2D eigenvalue weighted by Gasteiger charge is 2.49. The molecule has 1 aromatic carbocycles. The van der Waals surface area contributed by atoms with Crippen molar-refractivity contribution in [2.75, 3.05) is 19.8 Å². The van der Waals surface area contributed by atoms with E-state index in [1.54, 1.807) is 47.6 Å². The minimum Gasteiger partial charge on any atom is -0.493 e. The minimum atomic E-state index is -4.63.